The van der Waals surface area contributed by atoms with E-state index in [1.54, 1.807) is 0 Å². The van der Waals surface area contributed by atoms with Crippen LogP contribution in [0.4, 0.5) is 17.1 Å². The zero-order valence-corrected chi connectivity index (χ0v) is 41.6. The number of rotatable bonds is 9. The maximum atomic E-state index is 6.23. The monoisotopic (exact) mass is 967 g/mol. The van der Waals surface area contributed by atoms with E-state index in [0.29, 0.717) is 0 Å². The van der Waals surface area contributed by atoms with Crippen molar-refractivity contribution in [2.75, 3.05) is 4.90 Å². The molecule has 2 aliphatic carbocycles. The molecule has 2 aliphatic rings. The molecule has 12 aromatic carbocycles. The normalized spacial score (nSPS) is 13.5. The highest BCUT2D eigenvalue weighted by Crippen LogP contribution is 2.60. The highest BCUT2D eigenvalue weighted by molar-refractivity contribution is 6.06. The topological polar surface area (TPSA) is 16.4 Å². The van der Waals surface area contributed by atoms with Gasteiger partial charge in [-0.05, 0) is 144 Å². The Hall–Kier alpha value is -9.76. The number of benzene rings is 12. The number of nitrogens with zero attached hydrogens (tertiary/aromatic N) is 1. The van der Waals surface area contributed by atoms with Gasteiger partial charge in [0.2, 0.25) is 0 Å². The van der Waals surface area contributed by atoms with E-state index in [2.05, 4.69) is 290 Å². The lowest BCUT2D eigenvalue weighted by atomic mass is 9.67. The van der Waals surface area contributed by atoms with Crippen molar-refractivity contribution < 1.29 is 4.42 Å². The van der Waals surface area contributed by atoms with Crippen LogP contribution in [0.15, 0.2) is 302 Å². The van der Waals surface area contributed by atoms with Gasteiger partial charge in [-0.3, -0.25) is 0 Å². The third kappa shape index (κ3) is 6.47. The van der Waals surface area contributed by atoms with E-state index in [4.69, 9.17) is 4.42 Å². The van der Waals surface area contributed by atoms with Gasteiger partial charge in [0.05, 0.1) is 10.8 Å². The fourth-order valence-corrected chi connectivity index (χ4v) is 13.3. The minimum absolute atomic E-state index is 0.479. The van der Waals surface area contributed by atoms with Crippen molar-refractivity contribution in [1.82, 2.24) is 0 Å². The summed E-state index contributed by atoms with van der Waals surface area (Å²) >= 11 is 0. The van der Waals surface area contributed by atoms with Crippen LogP contribution < -0.4 is 4.90 Å². The molecule has 0 atom stereocenters. The molecule has 356 valence electrons. The van der Waals surface area contributed by atoms with Gasteiger partial charge in [0, 0.05) is 27.8 Å². The Bertz CT molecular complexity index is 4230. The van der Waals surface area contributed by atoms with Gasteiger partial charge < -0.3 is 9.32 Å². The van der Waals surface area contributed by atoms with Crippen LogP contribution in [-0.4, -0.2) is 0 Å². The van der Waals surface area contributed by atoms with Crippen molar-refractivity contribution in [2.45, 2.75) is 10.8 Å². The van der Waals surface area contributed by atoms with Gasteiger partial charge in [-0.15, -0.1) is 0 Å². The average Bonchev–Trinajstić information content (AvgIpc) is 4.24. The van der Waals surface area contributed by atoms with Gasteiger partial charge in [-0.25, -0.2) is 0 Å². The first-order chi connectivity index (χ1) is 37.7. The van der Waals surface area contributed by atoms with Crippen LogP contribution in [0.5, 0.6) is 0 Å². The molecule has 1 heterocycles. The first-order valence-electron chi connectivity index (χ1n) is 26.3. The van der Waals surface area contributed by atoms with E-state index in [9.17, 15) is 0 Å². The number of hydrogen-bond acceptors (Lipinski definition) is 2. The van der Waals surface area contributed by atoms with Crippen molar-refractivity contribution in [1.29, 1.82) is 0 Å². The number of fused-ring (bicyclic) bond motifs is 9. The maximum Gasteiger partial charge on any atom is 0.135 e. The van der Waals surface area contributed by atoms with Crippen LogP contribution in [0.2, 0.25) is 0 Å². The second kappa shape index (κ2) is 17.4. The molecule has 0 spiro atoms. The summed E-state index contributed by atoms with van der Waals surface area (Å²) in [5.41, 5.74) is 23.9. The van der Waals surface area contributed by atoms with E-state index in [-0.39, 0.29) is 0 Å². The zero-order valence-electron chi connectivity index (χ0n) is 41.6. The van der Waals surface area contributed by atoms with Crippen LogP contribution in [0.1, 0.15) is 44.5 Å². The SMILES string of the molecule is c1ccc(C2(c3ccccc3)c3ccccc3-c3ccc(N(c4ccc(-c5ccc6oc7ccccc7c6c5)cc4)c4ccc(-c5cccc6c5-c5ccccc5C6(c5ccccc5)c5ccccc5)cc4)cc32)cc1. The molecule has 0 amide bonds. The van der Waals surface area contributed by atoms with Gasteiger partial charge in [0.25, 0.3) is 0 Å². The van der Waals surface area contributed by atoms with Crippen molar-refractivity contribution in [3.8, 4) is 44.5 Å². The Morgan fingerprint density at radius 2 is 0.684 bits per heavy atom. The fourth-order valence-electron chi connectivity index (χ4n) is 13.3. The van der Waals surface area contributed by atoms with Gasteiger partial charge in [0.15, 0.2) is 0 Å². The van der Waals surface area contributed by atoms with Crippen molar-refractivity contribution in [3.63, 3.8) is 0 Å². The first kappa shape index (κ1) is 43.8. The van der Waals surface area contributed by atoms with Gasteiger partial charge >= 0.3 is 0 Å². The van der Waals surface area contributed by atoms with Crippen LogP contribution in [0.25, 0.3) is 66.4 Å². The largest absolute Gasteiger partial charge is 0.456 e. The van der Waals surface area contributed by atoms with E-state index >= 15 is 0 Å². The van der Waals surface area contributed by atoms with Crippen LogP contribution in [0, 0.1) is 0 Å². The molecular formula is C74H49NO. The Kier molecular flexibility index (Phi) is 10.0. The second-order valence-electron chi connectivity index (χ2n) is 20.3. The van der Waals surface area contributed by atoms with E-state index in [1.165, 1.54) is 77.9 Å². The molecular weight excluding hydrogens is 919 g/mol. The summed E-state index contributed by atoms with van der Waals surface area (Å²) in [5.74, 6) is 0. The smallest absolute Gasteiger partial charge is 0.135 e. The molecule has 0 bridgehead atoms. The molecule has 13 aromatic rings. The molecule has 76 heavy (non-hydrogen) atoms. The summed E-state index contributed by atoms with van der Waals surface area (Å²) in [5, 5.41) is 2.25. The van der Waals surface area contributed by atoms with E-state index in [1.807, 2.05) is 12.1 Å². The number of hydrogen-bond donors (Lipinski definition) is 0. The number of anilines is 3. The molecule has 2 nitrogen and oxygen atoms in total. The summed E-state index contributed by atoms with van der Waals surface area (Å²) in [7, 11) is 0. The predicted octanol–water partition coefficient (Wildman–Crippen LogP) is 19.1. The molecule has 0 saturated carbocycles. The third-order valence-electron chi connectivity index (χ3n) is 16.5. The molecule has 2 heteroatoms. The standard InChI is InChI=1S/C74H49NO/c1-5-20-53(21-6-1)73(54-22-7-2-8-23-54)67-33-17-14-30-64(67)72-60(31-19-34-68(72)73)51-38-43-58(44-39-51)75(57-41-36-50(37-42-57)52-40-47-71-65(48-52)63-29-15-18-35-70(63)76-71)59-45-46-62-61-28-13-16-32-66(61)74(69(62)49-59,55-24-9-3-10-25-55)56-26-11-4-12-27-56/h1-49H. The van der Waals surface area contributed by atoms with E-state index < -0.39 is 10.8 Å². The van der Waals surface area contributed by atoms with Gasteiger partial charge in [-0.2, -0.15) is 0 Å². The molecule has 0 fully saturated rings. The molecule has 0 N–H and O–H groups in total. The van der Waals surface area contributed by atoms with E-state index in [0.717, 1.165) is 50.1 Å². The van der Waals surface area contributed by atoms with Crippen molar-refractivity contribution >= 4 is 39.0 Å². The van der Waals surface area contributed by atoms with Crippen LogP contribution >= 0.6 is 0 Å². The van der Waals surface area contributed by atoms with Crippen molar-refractivity contribution in [3.05, 3.63) is 342 Å². The minimum atomic E-state index is -0.543. The number of furan rings is 1. The quantitative estimate of drug-likeness (QED) is 0.143. The summed E-state index contributed by atoms with van der Waals surface area (Å²) in [6, 6.07) is 110. The summed E-state index contributed by atoms with van der Waals surface area (Å²) in [4.78, 5) is 2.44. The summed E-state index contributed by atoms with van der Waals surface area (Å²) in [6.07, 6.45) is 0. The lowest BCUT2D eigenvalue weighted by Gasteiger charge is -2.35. The van der Waals surface area contributed by atoms with Crippen LogP contribution in [0.3, 0.4) is 0 Å². The maximum absolute atomic E-state index is 6.23. The van der Waals surface area contributed by atoms with Gasteiger partial charge in [-0.1, -0.05) is 243 Å². The summed E-state index contributed by atoms with van der Waals surface area (Å²) < 4.78 is 6.23. The first-order valence-corrected chi connectivity index (χ1v) is 26.3. The van der Waals surface area contributed by atoms with Crippen LogP contribution in [-0.2, 0) is 10.8 Å². The molecule has 0 unspecified atom stereocenters. The fraction of sp³-hybridized carbons (Fsp3) is 0.0270. The van der Waals surface area contributed by atoms with Crippen molar-refractivity contribution in [2.24, 2.45) is 0 Å². The summed E-state index contributed by atoms with van der Waals surface area (Å²) in [6.45, 7) is 0. The predicted molar refractivity (Wildman–Crippen MR) is 314 cm³/mol. The second-order valence-corrected chi connectivity index (χ2v) is 20.3. The molecule has 0 radical (unpaired) electrons. The molecule has 0 aliphatic heterocycles. The Morgan fingerprint density at radius 3 is 1.30 bits per heavy atom. The lowest BCUT2D eigenvalue weighted by molar-refractivity contribution is 0.669. The number of para-hydroxylation sites is 1. The Morgan fingerprint density at radius 1 is 0.250 bits per heavy atom. The van der Waals surface area contributed by atoms with Gasteiger partial charge in [0.1, 0.15) is 11.2 Å². The average molecular weight is 968 g/mol. The zero-order chi connectivity index (χ0) is 50.2. The minimum Gasteiger partial charge on any atom is -0.456 e. The highest BCUT2D eigenvalue weighted by atomic mass is 16.3. The molecule has 1 aromatic heterocycles. The molecule has 15 rings (SSSR count). The Labute approximate surface area is 443 Å². The highest BCUT2D eigenvalue weighted by Gasteiger charge is 2.48. The Balaban J connectivity index is 0.905. The third-order valence-corrected chi connectivity index (χ3v) is 16.5. The molecule has 0 saturated heterocycles. The lowest BCUT2D eigenvalue weighted by Crippen LogP contribution is -2.28.